The van der Waals surface area contributed by atoms with Crippen molar-refractivity contribution in [3.8, 4) is 11.5 Å². The standard InChI is InChI=1S/C17H19N3O3S.C13H18O2/c1-10-8-18-15(11(2)16(10)23-4)9-24(21)17-19-13-6-5-12(22-3)7-14(13)20-17;1-9(2)8-11-4-6-12(7-5-11)10(3)13(14)15/h5-8H,9H2,1-4H3,(H,19,20);4-7,9-10H,8H2,1-3H3,(H,14,15). The summed E-state index contributed by atoms with van der Waals surface area (Å²) in [5, 5.41) is 9.28. The molecule has 208 valence electrons. The molecule has 8 nitrogen and oxygen atoms in total. The third kappa shape index (κ3) is 7.66. The number of aliphatic carboxylic acids is 1. The van der Waals surface area contributed by atoms with Crippen molar-refractivity contribution < 1.29 is 23.6 Å². The topological polar surface area (TPSA) is 114 Å². The highest BCUT2D eigenvalue weighted by Gasteiger charge is 2.16. The molecule has 2 heterocycles. The van der Waals surface area contributed by atoms with E-state index in [1.807, 2.05) is 56.3 Å². The second-order valence-corrected chi connectivity index (χ2v) is 11.2. The predicted octanol–water partition coefficient (Wildman–Crippen LogP) is 5.97. The molecule has 0 fully saturated rings. The van der Waals surface area contributed by atoms with Gasteiger partial charge in [0.15, 0.2) is 5.16 Å². The van der Waals surface area contributed by atoms with Crippen LogP contribution in [0.25, 0.3) is 11.0 Å². The van der Waals surface area contributed by atoms with Gasteiger partial charge in [-0.25, -0.2) is 4.98 Å². The fourth-order valence-electron chi connectivity index (χ4n) is 4.17. The number of hydrogen-bond donors (Lipinski definition) is 2. The number of benzene rings is 2. The van der Waals surface area contributed by atoms with Crippen LogP contribution >= 0.6 is 0 Å². The Morgan fingerprint density at radius 1 is 1.05 bits per heavy atom. The molecule has 9 heteroatoms. The number of carbonyl (C=O) groups is 1. The summed E-state index contributed by atoms with van der Waals surface area (Å²) in [6.07, 6.45) is 2.78. The maximum atomic E-state index is 12.7. The average molecular weight is 552 g/mol. The Morgan fingerprint density at radius 3 is 2.33 bits per heavy atom. The number of aromatic amines is 1. The molecule has 2 unspecified atom stereocenters. The monoisotopic (exact) mass is 551 g/mol. The molecule has 2 aromatic carbocycles. The van der Waals surface area contributed by atoms with E-state index in [2.05, 4.69) is 28.8 Å². The van der Waals surface area contributed by atoms with Crippen molar-refractivity contribution in [1.82, 2.24) is 15.0 Å². The van der Waals surface area contributed by atoms with Crippen molar-refractivity contribution >= 4 is 27.8 Å². The number of imidazole rings is 1. The molecule has 0 saturated heterocycles. The Hall–Kier alpha value is -3.72. The van der Waals surface area contributed by atoms with Gasteiger partial charge < -0.3 is 19.6 Å². The number of fused-ring (bicyclic) bond motifs is 1. The van der Waals surface area contributed by atoms with Gasteiger partial charge in [-0.2, -0.15) is 0 Å². The molecule has 2 aromatic heterocycles. The van der Waals surface area contributed by atoms with Gasteiger partial charge in [-0.05, 0) is 56.4 Å². The minimum atomic E-state index is -1.33. The molecule has 0 bridgehead atoms. The van der Waals surface area contributed by atoms with Gasteiger partial charge in [0.05, 0.1) is 53.4 Å². The number of aromatic nitrogens is 3. The van der Waals surface area contributed by atoms with Gasteiger partial charge in [0.25, 0.3) is 0 Å². The largest absolute Gasteiger partial charge is 0.497 e. The third-order valence-corrected chi connectivity index (χ3v) is 7.55. The number of carboxylic acid groups (broad SMARTS) is 1. The van der Waals surface area contributed by atoms with Crippen molar-refractivity contribution in [3.05, 3.63) is 76.6 Å². The molecule has 0 aliphatic carbocycles. The minimum Gasteiger partial charge on any atom is -0.497 e. The van der Waals surface area contributed by atoms with Crippen LogP contribution in [0, 0.1) is 19.8 Å². The van der Waals surface area contributed by atoms with Crippen LogP contribution in [0.3, 0.4) is 0 Å². The molecule has 0 aliphatic rings. The normalized spacial score (nSPS) is 12.5. The van der Waals surface area contributed by atoms with Gasteiger partial charge in [-0.1, -0.05) is 38.1 Å². The lowest BCUT2D eigenvalue weighted by Crippen LogP contribution is -2.07. The Bertz CT molecular complexity index is 1450. The van der Waals surface area contributed by atoms with Crippen LogP contribution in [0.4, 0.5) is 0 Å². The summed E-state index contributed by atoms with van der Waals surface area (Å²) in [7, 11) is 1.91. The van der Waals surface area contributed by atoms with Crippen molar-refractivity contribution in [1.29, 1.82) is 0 Å². The molecule has 0 radical (unpaired) electrons. The Kier molecular flexibility index (Phi) is 10.2. The molecular weight excluding hydrogens is 514 g/mol. The summed E-state index contributed by atoms with van der Waals surface area (Å²) >= 11 is 0. The van der Waals surface area contributed by atoms with Crippen LogP contribution in [-0.4, -0.2) is 44.5 Å². The van der Waals surface area contributed by atoms with E-state index in [4.69, 9.17) is 14.6 Å². The van der Waals surface area contributed by atoms with E-state index in [9.17, 15) is 9.00 Å². The van der Waals surface area contributed by atoms with Crippen LogP contribution < -0.4 is 9.47 Å². The number of aryl methyl sites for hydroxylation is 1. The predicted molar refractivity (Wildman–Crippen MR) is 154 cm³/mol. The highest BCUT2D eigenvalue weighted by molar-refractivity contribution is 7.84. The number of methoxy groups -OCH3 is 2. The first-order valence-corrected chi connectivity index (χ1v) is 14.1. The Balaban J connectivity index is 0.000000242. The molecular formula is C30H37N3O5S. The first-order chi connectivity index (χ1) is 18.5. The van der Waals surface area contributed by atoms with Gasteiger partial charge in [-0.15, -0.1) is 0 Å². The minimum absolute atomic E-state index is 0.277. The summed E-state index contributed by atoms with van der Waals surface area (Å²) in [5.74, 6) is 1.23. The van der Waals surface area contributed by atoms with Gasteiger partial charge in [0.1, 0.15) is 11.5 Å². The number of carboxylic acids is 1. The zero-order chi connectivity index (χ0) is 28.7. The first kappa shape index (κ1) is 29.8. The lowest BCUT2D eigenvalue weighted by Gasteiger charge is -2.11. The van der Waals surface area contributed by atoms with E-state index >= 15 is 0 Å². The quantitative estimate of drug-likeness (QED) is 0.263. The van der Waals surface area contributed by atoms with E-state index in [0.29, 0.717) is 11.1 Å². The lowest BCUT2D eigenvalue weighted by atomic mass is 9.97. The maximum absolute atomic E-state index is 12.7. The van der Waals surface area contributed by atoms with Crippen LogP contribution in [0.15, 0.2) is 53.8 Å². The van der Waals surface area contributed by atoms with E-state index in [1.54, 1.807) is 27.3 Å². The molecule has 4 rings (SSSR count). The van der Waals surface area contributed by atoms with Gasteiger partial charge >= 0.3 is 5.97 Å². The number of hydrogen-bond acceptors (Lipinski definition) is 6. The summed E-state index contributed by atoms with van der Waals surface area (Å²) < 4.78 is 23.3. The summed E-state index contributed by atoms with van der Waals surface area (Å²) in [4.78, 5) is 22.7. The van der Waals surface area contributed by atoms with Crippen molar-refractivity contribution in [3.63, 3.8) is 0 Å². The van der Waals surface area contributed by atoms with Crippen LogP contribution in [0.1, 0.15) is 54.6 Å². The highest BCUT2D eigenvalue weighted by Crippen LogP contribution is 2.26. The third-order valence-electron chi connectivity index (χ3n) is 6.39. The fourth-order valence-corrected chi connectivity index (χ4v) is 5.27. The Labute approximate surface area is 232 Å². The van der Waals surface area contributed by atoms with E-state index in [0.717, 1.165) is 51.3 Å². The molecule has 4 aromatic rings. The number of H-pyrrole nitrogens is 1. The molecule has 0 saturated carbocycles. The van der Waals surface area contributed by atoms with Crippen molar-refractivity contribution in [2.75, 3.05) is 14.2 Å². The van der Waals surface area contributed by atoms with Gasteiger partial charge in [0.2, 0.25) is 0 Å². The summed E-state index contributed by atoms with van der Waals surface area (Å²) in [6, 6.07) is 13.4. The number of nitrogens with zero attached hydrogens (tertiary/aromatic N) is 2. The summed E-state index contributed by atoms with van der Waals surface area (Å²) in [6.45, 7) is 9.92. The lowest BCUT2D eigenvalue weighted by molar-refractivity contribution is -0.138. The first-order valence-electron chi connectivity index (χ1n) is 12.8. The van der Waals surface area contributed by atoms with Gasteiger partial charge in [-0.3, -0.25) is 14.0 Å². The van der Waals surface area contributed by atoms with Crippen LogP contribution in [0.5, 0.6) is 11.5 Å². The Morgan fingerprint density at radius 2 is 1.74 bits per heavy atom. The van der Waals surface area contributed by atoms with Crippen molar-refractivity contribution in [2.45, 2.75) is 57.9 Å². The second-order valence-electron chi connectivity index (χ2n) is 9.86. The van der Waals surface area contributed by atoms with Crippen molar-refractivity contribution in [2.24, 2.45) is 5.92 Å². The average Bonchev–Trinajstić information content (AvgIpc) is 3.34. The number of rotatable bonds is 9. The zero-order valence-corrected chi connectivity index (χ0v) is 24.4. The number of ether oxygens (including phenoxy) is 2. The molecule has 0 amide bonds. The highest BCUT2D eigenvalue weighted by atomic mass is 32.2. The molecule has 39 heavy (non-hydrogen) atoms. The molecule has 2 atom stereocenters. The van der Waals surface area contributed by atoms with E-state index < -0.39 is 22.7 Å². The summed E-state index contributed by atoms with van der Waals surface area (Å²) in [5.41, 5.74) is 6.30. The van der Waals surface area contributed by atoms with E-state index in [-0.39, 0.29) is 5.75 Å². The smallest absolute Gasteiger partial charge is 0.310 e. The number of nitrogens with one attached hydrogen (secondary N) is 1. The number of pyridine rings is 1. The second kappa shape index (κ2) is 13.4. The fraction of sp³-hybridized carbons (Fsp3) is 0.367. The SMILES string of the molecule is CC(C)Cc1ccc(C(C)C(=O)O)cc1.COc1ccc2nc(S(=O)Cc3ncc(C)c(OC)c3C)[nH]c2c1. The van der Waals surface area contributed by atoms with Gasteiger partial charge in [0, 0.05) is 23.4 Å². The van der Waals surface area contributed by atoms with E-state index in [1.165, 1.54) is 5.56 Å². The maximum Gasteiger partial charge on any atom is 0.310 e. The molecule has 2 N–H and O–H groups in total. The van der Waals surface area contributed by atoms with Crippen LogP contribution in [0.2, 0.25) is 0 Å². The zero-order valence-electron chi connectivity index (χ0n) is 23.6. The van der Waals surface area contributed by atoms with Crippen LogP contribution in [-0.2, 0) is 27.8 Å². The molecule has 0 spiro atoms. The molecule has 0 aliphatic heterocycles.